The van der Waals surface area contributed by atoms with Gasteiger partial charge in [-0.05, 0) is 48.2 Å². The van der Waals surface area contributed by atoms with Crippen molar-refractivity contribution in [2.45, 2.75) is 39.8 Å². The second-order valence-corrected chi connectivity index (χ2v) is 12.2. The summed E-state index contributed by atoms with van der Waals surface area (Å²) in [6, 6.07) is 22.8. The van der Waals surface area contributed by atoms with Gasteiger partial charge in [0.2, 0.25) is 21.8 Å². The Labute approximate surface area is 238 Å². The van der Waals surface area contributed by atoms with Gasteiger partial charge in [-0.15, -0.1) is 0 Å². The normalized spacial score (nSPS) is 12.1. The van der Waals surface area contributed by atoms with Crippen LogP contribution in [0.15, 0.2) is 78.9 Å². The van der Waals surface area contributed by atoms with E-state index in [4.69, 9.17) is 4.74 Å². The molecule has 214 valence electrons. The molecule has 1 N–H and O–H groups in total. The topological polar surface area (TPSA) is 96.0 Å². The molecular formula is C31H39N3O5S. The number of methoxy groups -OCH3 is 1. The van der Waals surface area contributed by atoms with Crippen LogP contribution >= 0.6 is 0 Å². The maximum atomic E-state index is 14.1. The average Bonchev–Trinajstić information content (AvgIpc) is 2.92. The van der Waals surface area contributed by atoms with Crippen LogP contribution in [0.25, 0.3) is 0 Å². The number of anilines is 1. The van der Waals surface area contributed by atoms with Crippen molar-refractivity contribution in [3.8, 4) is 5.75 Å². The first-order valence-electron chi connectivity index (χ1n) is 13.3. The Hall–Kier alpha value is -3.85. The van der Waals surface area contributed by atoms with Crippen LogP contribution in [0, 0.1) is 12.8 Å². The Balaban J connectivity index is 2.05. The van der Waals surface area contributed by atoms with Crippen molar-refractivity contribution in [2.75, 3.05) is 30.8 Å². The Morgan fingerprint density at radius 1 is 0.925 bits per heavy atom. The smallest absolute Gasteiger partial charge is 0.244 e. The van der Waals surface area contributed by atoms with Crippen molar-refractivity contribution >= 4 is 27.5 Å². The van der Waals surface area contributed by atoms with E-state index < -0.39 is 28.5 Å². The van der Waals surface area contributed by atoms with Crippen LogP contribution in [0.3, 0.4) is 0 Å². The lowest BCUT2D eigenvalue weighted by molar-refractivity contribution is -0.140. The van der Waals surface area contributed by atoms with Gasteiger partial charge in [0.25, 0.3) is 0 Å². The Bertz CT molecular complexity index is 1380. The second-order valence-electron chi connectivity index (χ2n) is 10.3. The van der Waals surface area contributed by atoms with Gasteiger partial charge in [0.1, 0.15) is 18.3 Å². The molecule has 3 rings (SSSR count). The number of sulfonamides is 1. The summed E-state index contributed by atoms with van der Waals surface area (Å²) < 4.78 is 32.2. The van der Waals surface area contributed by atoms with E-state index >= 15 is 0 Å². The van der Waals surface area contributed by atoms with Crippen molar-refractivity contribution in [1.29, 1.82) is 0 Å². The molecule has 40 heavy (non-hydrogen) atoms. The van der Waals surface area contributed by atoms with Gasteiger partial charge in [-0.3, -0.25) is 13.9 Å². The van der Waals surface area contributed by atoms with Crippen molar-refractivity contribution in [3.05, 3.63) is 95.6 Å². The summed E-state index contributed by atoms with van der Waals surface area (Å²) in [5, 5.41) is 2.98. The number of hydrogen-bond donors (Lipinski definition) is 1. The number of nitrogens with one attached hydrogen (secondary N) is 1. The molecule has 0 fully saturated rings. The third-order valence-electron chi connectivity index (χ3n) is 6.44. The molecule has 8 nitrogen and oxygen atoms in total. The predicted octanol–water partition coefficient (Wildman–Crippen LogP) is 4.18. The van der Waals surface area contributed by atoms with Gasteiger partial charge in [0.05, 0.1) is 19.1 Å². The van der Waals surface area contributed by atoms with Gasteiger partial charge in [0.15, 0.2) is 0 Å². The lowest BCUT2D eigenvalue weighted by Crippen LogP contribution is -2.53. The quantitative estimate of drug-likeness (QED) is 0.336. The molecule has 0 heterocycles. The minimum absolute atomic E-state index is 0.0914. The molecule has 0 saturated heterocycles. The number of carbonyl (C=O) groups excluding carboxylic acids is 2. The summed E-state index contributed by atoms with van der Waals surface area (Å²) in [4.78, 5) is 29.2. The lowest BCUT2D eigenvalue weighted by Gasteiger charge is -2.33. The maximum absolute atomic E-state index is 14.1. The molecule has 0 aliphatic carbocycles. The Morgan fingerprint density at radius 3 is 2.17 bits per heavy atom. The molecule has 3 aromatic carbocycles. The zero-order valence-electron chi connectivity index (χ0n) is 23.8. The first kappa shape index (κ1) is 30.7. The molecular weight excluding hydrogens is 526 g/mol. The fourth-order valence-electron chi connectivity index (χ4n) is 4.27. The van der Waals surface area contributed by atoms with Crippen LogP contribution in [0.5, 0.6) is 5.75 Å². The summed E-state index contributed by atoms with van der Waals surface area (Å²) in [5.41, 5.74) is 2.98. The van der Waals surface area contributed by atoms with Crippen LogP contribution in [0.4, 0.5) is 5.69 Å². The van der Waals surface area contributed by atoms with E-state index in [2.05, 4.69) is 5.32 Å². The fraction of sp³-hybridized carbons (Fsp3) is 0.355. The summed E-state index contributed by atoms with van der Waals surface area (Å²) >= 11 is 0. The van der Waals surface area contributed by atoms with Crippen LogP contribution in [0.2, 0.25) is 0 Å². The summed E-state index contributed by atoms with van der Waals surface area (Å²) in [7, 11) is -2.24. The highest BCUT2D eigenvalue weighted by atomic mass is 32.2. The molecule has 0 aromatic heterocycles. The molecule has 0 saturated carbocycles. The lowest BCUT2D eigenvalue weighted by atomic mass is 10.0. The molecule has 0 spiro atoms. The van der Waals surface area contributed by atoms with E-state index in [9.17, 15) is 18.0 Å². The molecule has 9 heteroatoms. The largest absolute Gasteiger partial charge is 0.497 e. The first-order valence-corrected chi connectivity index (χ1v) is 15.1. The van der Waals surface area contributed by atoms with E-state index in [-0.39, 0.29) is 24.8 Å². The standard InChI is InChI=1S/C31H39N3O5S/c1-23(2)20-32-31(36)29(19-25-10-7-6-8-11-25)33(21-26-12-9-13-28(18-26)39-4)30(35)22-34(40(5,37)38)27-16-14-24(3)15-17-27/h6-18,23,29H,19-22H2,1-5H3,(H,32,36)/t29-/m0/s1. The number of rotatable bonds is 13. The summed E-state index contributed by atoms with van der Waals surface area (Å²) in [5.74, 6) is 0.0433. The van der Waals surface area contributed by atoms with E-state index in [1.807, 2.05) is 63.2 Å². The number of nitrogens with zero attached hydrogens (tertiary/aromatic N) is 2. The average molecular weight is 566 g/mol. The van der Waals surface area contributed by atoms with Crippen molar-refractivity contribution < 1.29 is 22.7 Å². The summed E-state index contributed by atoms with van der Waals surface area (Å²) in [6.45, 7) is 5.99. The molecule has 0 aliphatic heterocycles. The molecule has 0 aliphatic rings. The van der Waals surface area contributed by atoms with Crippen LogP contribution in [0.1, 0.15) is 30.5 Å². The minimum Gasteiger partial charge on any atom is -0.497 e. The van der Waals surface area contributed by atoms with Crippen molar-refractivity contribution in [3.63, 3.8) is 0 Å². The third kappa shape index (κ3) is 8.84. The van der Waals surface area contributed by atoms with E-state index in [1.165, 1.54) is 4.90 Å². The van der Waals surface area contributed by atoms with Gasteiger partial charge in [0, 0.05) is 19.5 Å². The number of carbonyl (C=O) groups is 2. The predicted molar refractivity (Wildman–Crippen MR) is 159 cm³/mol. The van der Waals surface area contributed by atoms with Gasteiger partial charge >= 0.3 is 0 Å². The van der Waals surface area contributed by atoms with E-state index in [0.717, 1.165) is 27.3 Å². The van der Waals surface area contributed by atoms with Crippen LogP contribution < -0.4 is 14.4 Å². The zero-order valence-corrected chi connectivity index (χ0v) is 24.6. The molecule has 0 bridgehead atoms. The van der Waals surface area contributed by atoms with Gasteiger partial charge in [-0.1, -0.05) is 74.0 Å². The maximum Gasteiger partial charge on any atom is 0.244 e. The molecule has 2 amide bonds. The van der Waals surface area contributed by atoms with Crippen LogP contribution in [-0.4, -0.2) is 57.6 Å². The Kier molecular flexibility index (Phi) is 10.7. The van der Waals surface area contributed by atoms with Crippen molar-refractivity contribution in [2.24, 2.45) is 5.92 Å². The monoisotopic (exact) mass is 565 g/mol. The van der Waals surface area contributed by atoms with E-state index in [1.54, 1.807) is 43.5 Å². The Morgan fingerprint density at radius 2 is 1.57 bits per heavy atom. The number of hydrogen-bond acceptors (Lipinski definition) is 5. The first-order chi connectivity index (χ1) is 19.0. The van der Waals surface area contributed by atoms with Gasteiger partial charge in [-0.2, -0.15) is 0 Å². The SMILES string of the molecule is COc1cccc(CN(C(=O)CN(c2ccc(C)cc2)S(C)(=O)=O)[C@@H](Cc2ccccc2)C(=O)NCC(C)C)c1. The number of benzene rings is 3. The van der Waals surface area contributed by atoms with Gasteiger partial charge in [-0.25, -0.2) is 8.42 Å². The van der Waals surface area contributed by atoms with Gasteiger partial charge < -0.3 is 15.0 Å². The number of ether oxygens (including phenoxy) is 1. The van der Waals surface area contributed by atoms with E-state index in [0.29, 0.717) is 18.0 Å². The highest BCUT2D eigenvalue weighted by Gasteiger charge is 2.33. The highest BCUT2D eigenvalue weighted by Crippen LogP contribution is 2.22. The number of amides is 2. The molecule has 3 aromatic rings. The summed E-state index contributed by atoms with van der Waals surface area (Å²) in [6.07, 6.45) is 1.34. The molecule has 1 atom stereocenters. The second kappa shape index (κ2) is 14.0. The number of aryl methyl sites for hydroxylation is 1. The fourth-order valence-corrected chi connectivity index (χ4v) is 5.12. The minimum atomic E-state index is -3.80. The molecule has 0 unspecified atom stereocenters. The molecule has 0 radical (unpaired) electrons. The highest BCUT2D eigenvalue weighted by molar-refractivity contribution is 7.92. The third-order valence-corrected chi connectivity index (χ3v) is 7.58. The van der Waals surface area contributed by atoms with Crippen LogP contribution in [-0.2, 0) is 32.6 Å². The zero-order chi connectivity index (χ0) is 29.3. The van der Waals surface area contributed by atoms with Crippen molar-refractivity contribution in [1.82, 2.24) is 10.2 Å².